The summed E-state index contributed by atoms with van der Waals surface area (Å²) in [5.74, 6) is -4.26. The van der Waals surface area contributed by atoms with Crippen LogP contribution in [0.25, 0.3) is 0 Å². The number of rotatable bonds is 8. The van der Waals surface area contributed by atoms with Gasteiger partial charge in [0.1, 0.15) is 5.82 Å². The number of piperidine rings is 2. The van der Waals surface area contributed by atoms with Gasteiger partial charge in [0.15, 0.2) is 5.69 Å². The molecule has 0 spiro atoms. The molecule has 3 aliphatic heterocycles. The lowest BCUT2D eigenvalue weighted by molar-refractivity contribution is -0.120. The highest BCUT2D eigenvalue weighted by molar-refractivity contribution is 6.06. The summed E-state index contributed by atoms with van der Waals surface area (Å²) in [6.45, 7) is 6.46. The molecular formula is C36H42F3N9O4. The third-order valence-electron chi connectivity index (χ3n) is 12.0. The van der Waals surface area contributed by atoms with E-state index in [9.17, 15) is 32.3 Å². The summed E-state index contributed by atoms with van der Waals surface area (Å²) in [6.07, 6.45) is 7.54. The summed E-state index contributed by atoms with van der Waals surface area (Å²) < 4.78 is 45.1. The maximum absolute atomic E-state index is 14.6. The number of alkyl halides is 2. The van der Waals surface area contributed by atoms with Gasteiger partial charge in [0.25, 0.3) is 17.7 Å². The van der Waals surface area contributed by atoms with Gasteiger partial charge in [-0.15, -0.1) is 0 Å². The molecule has 5 aliphatic rings. The van der Waals surface area contributed by atoms with Crippen LogP contribution < -0.4 is 15.5 Å². The number of H-pyrrole nitrogens is 1. The van der Waals surface area contributed by atoms with E-state index in [-0.39, 0.29) is 43.1 Å². The van der Waals surface area contributed by atoms with E-state index in [1.54, 1.807) is 24.2 Å². The molecule has 16 heteroatoms. The second kappa shape index (κ2) is 13.0. The van der Waals surface area contributed by atoms with Crippen molar-refractivity contribution in [3.05, 3.63) is 58.9 Å². The first-order valence-corrected chi connectivity index (χ1v) is 18.1. The van der Waals surface area contributed by atoms with Crippen molar-refractivity contribution in [2.45, 2.75) is 64.3 Å². The third-order valence-corrected chi connectivity index (χ3v) is 12.0. The zero-order valence-electron chi connectivity index (χ0n) is 29.0. The van der Waals surface area contributed by atoms with E-state index in [4.69, 9.17) is 0 Å². The van der Waals surface area contributed by atoms with Crippen molar-refractivity contribution in [3.63, 3.8) is 0 Å². The van der Waals surface area contributed by atoms with Crippen LogP contribution in [0.5, 0.6) is 0 Å². The molecule has 8 rings (SSSR count). The highest BCUT2D eigenvalue weighted by Crippen LogP contribution is 2.70. The fraction of sp³-hybridized carbons (Fsp3) is 0.556. The molecule has 0 bridgehead atoms. The predicted octanol–water partition coefficient (Wildman–Crippen LogP) is 4.08. The highest BCUT2D eigenvalue weighted by atomic mass is 19.3. The highest BCUT2D eigenvalue weighted by Gasteiger charge is 2.78. The van der Waals surface area contributed by atoms with E-state index < -0.39 is 40.9 Å². The van der Waals surface area contributed by atoms with Gasteiger partial charge in [-0.3, -0.25) is 34.4 Å². The monoisotopic (exact) mass is 721 g/mol. The van der Waals surface area contributed by atoms with E-state index >= 15 is 0 Å². The number of nitrogens with zero attached hydrogens (tertiary/aromatic N) is 6. The number of urea groups is 1. The van der Waals surface area contributed by atoms with Gasteiger partial charge in [-0.05, 0) is 75.2 Å². The second-order valence-electron chi connectivity index (χ2n) is 15.3. The number of amides is 5. The number of anilines is 2. The van der Waals surface area contributed by atoms with Crippen LogP contribution in [0, 0.1) is 29.0 Å². The molecule has 0 radical (unpaired) electrons. The Bertz CT molecular complexity index is 1910. The lowest BCUT2D eigenvalue weighted by Gasteiger charge is -2.37. The fourth-order valence-electron chi connectivity index (χ4n) is 8.64. The van der Waals surface area contributed by atoms with Gasteiger partial charge < -0.3 is 15.1 Å². The third kappa shape index (κ3) is 6.24. The molecule has 5 amide bonds. The lowest BCUT2D eigenvalue weighted by atomic mass is 9.87. The van der Waals surface area contributed by atoms with Crippen molar-refractivity contribution in [1.82, 2.24) is 35.1 Å². The van der Waals surface area contributed by atoms with E-state index in [2.05, 4.69) is 30.8 Å². The SMILES string of the molecule is C[C@@]12Cc3[nH]nc(C(=O)Nc4cnn(CC5CCN(CC6CCN(C(=O)c7ccc(F)c(N8CCC(=O)NC8=O)c7)CC6)CC5)c4)c3C[C@@H]1C2(F)F. The minimum absolute atomic E-state index is 0.0128. The molecule has 1 saturated carbocycles. The zero-order chi connectivity index (χ0) is 36.4. The molecule has 4 fully saturated rings. The number of imide groups is 1. The molecule has 13 nitrogen and oxygen atoms in total. The van der Waals surface area contributed by atoms with E-state index in [1.807, 2.05) is 4.68 Å². The van der Waals surface area contributed by atoms with Crippen LogP contribution in [0.15, 0.2) is 30.6 Å². The Hall–Kier alpha value is -4.73. The van der Waals surface area contributed by atoms with Crippen LogP contribution in [-0.4, -0.2) is 98.7 Å². The summed E-state index contributed by atoms with van der Waals surface area (Å²) >= 11 is 0. The minimum atomic E-state index is -2.72. The molecule has 0 unspecified atom stereocenters. The van der Waals surface area contributed by atoms with E-state index in [0.29, 0.717) is 47.4 Å². The predicted molar refractivity (Wildman–Crippen MR) is 182 cm³/mol. The number of benzene rings is 1. The summed E-state index contributed by atoms with van der Waals surface area (Å²) in [4.78, 5) is 55.6. The quantitative estimate of drug-likeness (QED) is 0.318. The number of aromatic amines is 1. The maximum Gasteiger partial charge on any atom is 0.328 e. The minimum Gasteiger partial charge on any atom is -0.339 e. The Morgan fingerprint density at radius 2 is 1.75 bits per heavy atom. The number of nitrogens with one attached hydrogen (secondary N) is 3. The van der Waals surface area contributed by atoms with Crippen LogP contribution >= 0.6 is 0 Å². The molecule has 1 aromatic carbocycles. The van der Waals surface area contributed by atoms with Crippen molar-refractivity contribution >= 4 is 35.1 Å². The Labute approximate surface area is 298 Å². The average molecular weight is 722 g/mol. The van der Waals surface area contributed by atoms with Crippen molar-refractivity contribution in [3.8, 4) is 0 Å². The molecular weight excluding hydrogens is 679 g/mol. The number of hydrogen-bond acceptors (Lipinski definition) is 7. The van der Waals surface area contributed by atoms with Crippen molar-refractivity contribution in [2.75, 3.05) is 49.5 Å². The lowest BCUT2D eigenvalue weighted by Crippen LogP contribution is -2.50. The number of carbonyl (C=O) groups excluding carboxylic acids is 4. The van der Waals surface area contributed by atoms with E-state index in [1.165, 1.54) is 18.2 Å². The average Bonchev–Trinajstić information content (AvgIpc) is 3.52. The van der Waals surface area contributed by atoms with Crippen LogP contribution in [0.4, 0.5) is 29.3 Å². The number of halogens is 3. The van der Waals surface area contributed by atoms with Crippen LogP contribution in [0.1, 0.15) is 71.1 Å². The van der Waals surface area contributed by atoms with Gasteiger partial charge in [-0.2, -0.15) is 10.2 Å². The van der Waals surface area contributed by atoms with Gasteiger partial charge in [0.05, 0.1) is 17.6 Å². The van der Waals surface area contributed by atoms with E-state index in [0.717, 1.165) is 56.8 Å². The normalized spacial score (nSPS) is 25.0. The largest absolute Gasteiger partial charge is 0.339 e. The molecule has 2 aromatic heterocycles. The Balaban J connectivity index is 0.773. The molecule has 3 saturated heterocycles. The number of aromatic nitrogens is 4. The molecule has 276 valence electrons. The van der Waals surface area contributed by atoms with Gasteiger partial charge in [0, 0.05) is 79.9 Å². The summed E-state index contributed by atoms with van der Waals surface area (Å²) in [5, 5.41) is 16.5. The zero-order valence-corrected chi connectivity index (χ0v) is 29.0. The van der Waals surface area contributed by atoms with Crippen molar-refractivity contribution in [1.29, 1.82) is 0 Å². The van der Waals surface area contributed by atoms with Crippen molar-refractivity contribution in [2.24, 2.45) is 23.2 Å². The number of likely N-dealkylation sites (tertiary alicyclic amines) is 2. The van der Waals surface area contributed by atoms with Gasteiger partial charge in [0.2, 0.25) is 5.91 Å². The molecule has 52 heavy (non-hydrogen) atoms. The smallest absolute Gasteiger partial charge is 0.328 e. The van der Waals surface area contributed by atoms with Crippen LogP contribution in [0.3, 0.4) is 0 Å². The molecule has 5 heterocycles. The van der Waals surface area contributed by atoms with Gasteiger partial charge in [-0.25, -0.2) is 18.0 Å². The van der Waals surface area contributed by atoms with Gasteiger partial charge >= 0.3 is 6.03 Å². The molecule has 2 atom stereocenters. The summed E-state index contributed by atoms with van der Waals surface area (Å²) in [6, 6.07) is 3.32. The number of carbonyl (C=O) groups is 4. The molecule has 3 N–H and O–H groups in total. The van der Waals surface area contributed by atoms with Gasteiger partial charge in [-0.1, -0.05) is 6.92 Å². The first-order valence-electron chi connectivity index (χ1n) is 18.1. The first kappa shape index (κ1) is 34.4. The Morgan fingerprint density at radius 1 is 1.02 bits per heavy atom. The van der Waals surface area contributed by atoms with Crippen LogP contribution in [0.2, 0.25) is 0 Å². The van der Waals surface area contributed by atoms with Crippen molar-refractivity contribution < 1.29 is 32.3 Å². The number of hydrogen-bond donors (Lipinski definition) is 3. The number of fused-ring (bicyclic) bond motifs is 2. The first-order chi connectivity index (χ1) is 24.9. The fourth-order valence-corrected chi connectivity index (χ4v) is 8.64. The maximum atomic E-state index is 14.6. The Kier molecular flexibility index (Phi) is 8.62. The standard InChI is InChI=1S/C36H42F3N9O4/c1-35-16-27-25(15-29(35)36(35,38)39)31(44-43-27)32(50)41-24-17-40-47(20-24)19-22-4-9-45(10-5-22)18-21-6-11-46(12-7-21)33(51)23-2-3-26(37)28(14-23)48-13-8-30(49)42-34(48)52/h2-3,14,17,20-22,29H,4-13,15-16,18-19H2,1H3,(H,41,50)(H,43,44)(H,42,49,52)/t29-,35+/m0/s1. The summed E-state index contributed by atoms with van der Waals surface area (Å²) in [5.41, 5.74) is 1.15. The topological polar surface area (TPSA) is 149 Å². The second-order valence-corrected chi connectivity index (χ2v) is 15.3. The summed E-state index contributed by atoms with van der Waals surface area (Å²) in [7, 11) is 0. The van der Waals surface area contributed by atoms with Crippen LogP contribution in [-0.2, 0) is 24.2 Å². The Morgan fingerprint density at radius 3 is 2.50 bits per heavy atom. The molecule has 3 aromatic rings. The molecule has 2 aliphatic carbocycles.